The predicted molar refractivity (Wildman–Crippen MR) is 104 cm³/mol. The summed E-state index contributed by atoms with van der Waals surface area (Å²) in [6, 6.07) is 13.4. The Morgan fingerprint density at radius 2 is 1.83 bits per heavy atom. The van der Waals surface area contributed by atoms with Crippen molar-refractivity contribution in [3.8, 4) is 23.3 Å². The summed E-state index contributed by atoms with van der Waals surface area (Å²) >= 11 is 0. The molecule has 0 bridgehead atoms. The highest BCUT2D eigenvalue weighted by atomic mass is 16.5. The second-order valence-electron chi connectivity index (χ2n) is 6.15. The summed E-state index contributed by atoms with van der Waals surface area (Å²) in [6.07, 6.45) is 2.15. The van der Waals surface area contributed by atoms with Gasteiger partial charge in [-0.2, -0.15) is 5.26 Å². The summed E-state index contributed by atoms with van der Waals surface area (Å²) in [5, 5.41) is 9.24. The number of carbonyl (C=O) groups is 2. The molecule has 0 unspecified atom stereocenters. The van der Waals surface area contributed by atoms with Crippen LogP contribution in [0.5, 0.6) is 17.2 Å². The third-order valence-corrected chi connectivity index (χ3v) is 4.17. The standard InChI is InChI=1S/C22H19NO6/c1-26-18-6-3-15(4-7-18)11-17(13-23)22(25)29-14-19(24)16-5-8-20-21(12-16)28-10-2-9-27-20/h3-8,11-12H,2,9-10,14H2,1H3/b17-11+. The average molecular weight is 393 g/mol. The first-order valence-corrected chi connectivity index (χ1v) is 8.96. The molecule has 0 amide bonds. The summed E-state index contributed by atoms with van der Waals surface area (Å²) in [5.41, 5.74) is 0.759. The third-order valence-electron chi connectivity index (χ3n) is 4.17. The summed E-state index contributed by atoms with van der Waals surface area (Å²) in [6.45, 7) is 0.566. The predicted octanol–water partition coefficient (Wildman–Crippen LogP) is 3.19. The van der Waals surface area contributed by atoms with E-state index in [9.17, 15) is 14.9 Å². The molecular weight excluding hydrogens is 374 g/mol. The van der Waals surface area contributed by atoms with Crippen LogP contribution in [-0.4, -0.2) is 38.7 Å². The van der Waals surface area contributed by atoms with E-state index in [2.05, 4.69) is 0 Å². The number of carbonyl (C=O) groups excluding carboxylic acids is 2. The lowest BCUT2D eigenvalue weighted by atomic mass is 10.1. The molecule has 1 aliphatic rings. The fourth-order valence-corrected chi connectivity index (χ4v) is 2.63. The van der Waals surface area contributed by atoms with Gasteiger partial charge in [-0.15, -0.1) is 0 Å². The second kappa shape index (κ2) is 9.42. The average Bonchev–Trinajstić information content (AvgIpc) is 3.00. The molecule has 1 heterocycles. The molecule has 1 aliphatic heterocycles. The summed E-state index contributed by atoms with van der Waals surface area (Å²) in [4.78, 5) is 24.6. The van der Waals surface area contributed by atoms with E-state index < -0.39 is 18.4 Å². The maximum Gasteiger partial charge on any atom is 0.349 e. The zero-order chi connectivity index (χ0) is 20.6. The van der Waals surface area contributed by atoms with Crippen LogP contribution in [0.15, 0.2) is 48.0 Å². The Morgan fingerprint density at radius 3 is 2.52 bits per heavy atom. The van der Waals surface area contributed by atoms with Crippen molar-refractivity contribution in [3.05, 3.63) is 59.2 Å². The first kappa shape index (κ1) is 20.0. The van der Waals surface area contributed by atoms with Crippen LogP contribution < -0.4 is 14.2 Å². The number of methoxy groups -OCH3 is 1. The van der Waals surface area contributed by atoms with Crippen molar-refractivity contribution < 1.29 is 28.5 Å². The maximum absolute atomic E-state index is 12.4. The molecule has 148 valence electrons. The molecule has 0 spiro atoms. The number of nitrogens with zero attached hydrogens (tertiary/aromatic N) is 1. The van der Waals surface area contributed by atoms with Crippen LogP contribution in [0.2, 0.25) is 0 Å². The lowest BCUT2D eigenvalue weighted by molar-refractivity contribution is -0.137. The van der Waals surface area contributed by atoms with Gasteiger partial charge in [0.15, 0.2) is 23.9 Å². The molecule has 0 N–H and O–H groups in total. The number of nitriles is 1. The van der Waals surface area contributed by atoms with Crippen molar-refractivity contribution in [1.29, 1.82) is 5.26 Å². The Balaban J connectivity index is 1.64. The van der Waals surface area contributed by atoms with E-state index in [0.29, 0.717) is 41.6 Å². The number of ketones is 1. The number of esters is 1. The van der Waals surface area contributed by atoms with Gasteiger partial charge in [-0.3, -0.25) is 4.79 Å². The summed E-state index contributed by atoms with van der Waals surface area (Å²) < 4.78 is 21.2. The van der Waals surface area contributed by atoms with Gasteiger partial charge in [-0.1, -0.05) is 12.1 Å². The number of Topliss-reactive ketones (excluding diaryl/α,β-unsaturated/α-hetero) is 1. The van der Waals surface area contributed by atoms with E-state index in [0.717, 1.165) is 6.42 Å². The first-order valence-electron chi connectivity index (χ1n) is 8.96. The number of rotatable bonds is 6. The number of benzene rings is 2. The molecule has 7 heteroatoms. The fourth-order valence-electron chi connectivity index (χ4n) is 2.63. The van der Waals surface area contributed by atoms with E-state index in [1.54, 1.807) is 55.6 Å². The maximum atomic E-state index is 12.4. The third kappa shape index (κ3) is 5.14. The lowest BCUT2D eigenvalue weighted by Gasteiger charge is -2.09. The Labute approximate surface area is 168 Å². The molecule has 0 aromatic heterocycles. The molecule has 0 aliphatic carbocycles. The topological polar surface area (TPSA) is 94.8 Å². The van der Waals surface area contributed by atoms with E-state index in [1.165, 1.54) is 6.08 Å². The highest BCUT2D eigenvalue weighted by Gasteiger charge is 2.17. The van der Waals surface area contributed by atoms with E-state index in [4.69, 9.17) is 18.9 Å². The van der Waals surface area contributed by atoms with Crippen LogP contribution in [-0.2, 0) is 9.53 Å². The van der Waals surface area contributed by atoms with Gasteiger partial charge in [0.25, 0.3) is 0 Å². The van der Waals surface area contributed by atoms with Gasteiger partial charge in [0.1, 0.15) is 17.4 Å². The highest BCUT2D eigenvalue weighted by Crippen LogP contribution is 2.30. The molecule has 7 nitrogen and oxygen atoms in total. The van der Waals surface area contributed by atoms with Crippen LogP contribution in [0.3, 0.4) is 0 Å². The summed E-state index contributed by atoms with van der Waals surface area (Å²) in [7, 11) is 1.54. The molecule has 0 saturated heterocycles. The van der Waals surface area contributed by atoms with Gasteiger partial charge in [-0.05, 0) is 42.0 Å². The van der Waals surface area contributed by atoms with Crippen LogP contribution in [0.1, 0.15) is 22.3 Å². The number of hydrogen-bond donors (Lipinski definition) is 0. The van der Waals surface area contributed by atoms with Crippen LogP contribution >= 0.6 is 0 Å². The zero-order valence-electron chi connectivity index (χ0n) is 15.8. The van der Waals surface area contributed by atoms with Crippen molar-refractivity contribution in [1.82, 2.24) is 0 Å². The van der Waals surface area contributed by atoms with Crippen molar-refractivity contribution in [3.63, 3.8) is 0 Å². The van der Waals surface area contributed by atoms with Gasteiger partial charge in [-0.25, -0.2) is 4.79 Å². The largest absolute Gasteiger partial charge is 0.497 e. The molecule has 2 aromatic rings. The van der Waals surface area contributed by atoms with E-state index in [1.807, 2.05) is 0 Å². The monoisotopic (exact) mass is 393 g/mol. The minimum absolute atomic E-state index is 0.207. The minimum atomic E-state index is -0.869. The van der Waals surface area contributed by atoms with Gasteiger partial charge in [0, 0.05) is 12.0 Å². The first-order chi connectivity index (χ1) is 14.1. The Hall–Kier alpha value is -3.79. The van der Waals surface area contributed by atoms with Crippen molar-refractivity contribution >= 4 is 17.8 Å². The fraction of sp³-hybridized carbons (Fsp3) is 0.227. The van der Waals surface area contributed by atoms with Crippen LogP contribution in [0.25, 0.3) is 6.08 Å². The zero-order valence-corrected chi connectivity index (χ0v) is 15.8. The van der Waals surface area contributed by atoms with E-state index >= 15 is 0 Å². The molecule has 3 rings (SSSR count). The van der Waals surface area contributed by atoms with Crippen molar-refractivity contribution in [2.75, 3.05) is 26.9 Å². The Morgan fingerprint density at radius 1 is 1.10 bits per heavy atom. The van der Waals surface area contributed by atoms with E-state index in [-0.39, 0.29) is 5.57 Å². The molecule has 0 atom stereocenters. The van der Waals surface area contributed by atoms with Gasteiger partial charge >= 0.3 is 5.97 Å². The lowest BCUT2D eigenvalue weighted by Crippen LogP contribution is -2.15. The van der Waals surface area contributed by atoms with Crippen LogP contribution in [0, 0.1) is 11.3 Å². The van der Waals surface area contributed by atoms with Crippen molar-refractivity contribution in [2.45, 2.75) is 6.42 Å². The Kier molecular flexibility index (Phi) is 6.48. The molecule has 2 aromatic carbocycles. The quantitative estimate of drug-likeness (QED) is 0.322. The van der Waals surface area contributed by atoms with Crippen molar-refractivity contribution in [2.24, 2.45) is 0 Å². The molecule has 29 heavy (non-hydrogen) atoms. The molecular formula is C22H19NO6. The normalized spacial score (nSPS) is 13.0. The number of fused-ring (bicyclic) bond motifs is 1. The van der Waals surface area contributed by atoms with Gasteiger partial charge < -0.3 is 18.9 Å². The number of hydrogen-bond acceptors (Lipinski definition) is 7. The highest BCUT2D eigenvalue weighted by molar-refractivity contribution is 6.02. The van der Waals surface area contributed by atoms with Gasteiger partial charge in [0.05, 0.1) is 20.3 Å². The number of ether oxygens (including phenoxy) is 4. The molecule has 0 saturated carbocycles. The SMILES string of the molecule is COc1ccc(/C=C(\C#N)C(=O)OCC(=O)c2ccc3c(c2)OCCCO3)cc1. The van der Waals surface area contributed by atoms with Crippen LogP contribution in [0.4, 0.5) is 0 Å². The molecule has 0 radical (unpaired) electrons. The molecule has 0 fully saturated rings. The minimum Gasteiger partial charge on any atom is -0.497 e. The second-order valence-corrected chi connectivity index (χ2v) is 6.15. The Bertz CT molecular complexity index is 972. The summed E-state index contributed by atoms with van der Waals surface area (Å²) in [5.74, 6) is 0.438. The van der Waals surface area contributed by atoms with Gasteiger partial charge in [0.2, 0.25) is 0 Å². The smallest absolute Gasteiger partial charge is 0.349 e.